The maximum Gasteiger partial charge on any atom is 0.124 e. The zero-order valence-corrected chi connectivity index (χ0v) is 15.9. The van der Waals surface area contributed by atoms with Gasteiger partial charge >= 0.3 is 0 Å². The highest BCUT2D eigenvalue weighted by Crippen LogP contribution is 2.30. The number of thiazole rings is 1. The molecule has 0 aliphatic rings. The van der Waals surface area contributed by atoms with Crippen molar-refractivity contribution in [2.45, 2.75) is 0 Å². The summed E-state index contributed by atoms with van der Waals surface area (Å²) in [6.45, 7) is 0. The minimum Gasteiger partial charge on any atom is -0.261 e. The molecule has 0 aliphatic carbocycles. The van der Waals surface area contributed by atoms with Gasteiger partial charge in [0, 0.05) is 27.8 Å². The fraction of sp³-hybridized carbons (Fsp3) is 0. The molecule has 0 bridgehead atoms. The average Bonchev–Trinajstić information content (AvgIpc) is 3.05. The van der Waals surface area contributed by atoms with Crippen LogP contribution in [-0.2, 0) is 0 Å². The summed E-state index contributed by atoms with van der Waals surface area (Å²) in [5.74, 6) is 0. The number of nitrogens with zero attached hydrogens (tertiary/aromatic N) is 3. The number of halogens is 2. The molecule has 0 atom stereocenters. The molecule has 2 aromatic carbocycles. The zero-order valence-electron chi connectivity index (χ0n) is 11.8. The number of benzene rings is 2. The first kappa shape index (κ1) is 16.2. The Morgan fingerprint density at radius 1 is 0.913 bits per heavy atom. The van der Waals surface area contributed by atoms with E-state index in [9.17, 15) is 0 Å². The molecule has 2 aromatic heterocycles. The molecule has 2 heterocycles. The molecule has 0 fully saturated rings. The fourth-order valence-electron chi connectivity index (χ4n) is 2.31. The van der Waals surface area contributed by atoms with Crippen molar-refractivity contribution in [2.24, 2.45) is 0 Å². The largest absolute Gasteiger partial charge is 0.261 e. The van der Waals surface area contributed by atoms with Gasteiger partial charge in [-0.2, -0.15) is 0 Å². The molecule has 0 N–H and O–H groups in total. The zero-order chi connectivity index (χ0) is 14.9. The van der Waals surface area contributed by atoms with Crippen molar-refractivity contribution in [3.8, 4) is 22.0 Å². The first-order valence-corrected chi connectivity index (χ1v) is 8.38. The highest BCUT2D eigenvalue weighted by atomic mass is 79.9. The third-order valence-corrected chi connectivity index (χ3v) is 4.76. The molecule has 0 spiro atoms. The molecular weight excluding hydrogens is 438 g/mol. The maximum atomic E-state index is 4.68. The third-order valence-electron chi connectivity index (χ3n) is 3.38. The van der Waals surface area contributed by atoms with Crippen molar-refractivity contribution in [1.29, 1.82) is 0 Å². The van der Waals surface area contributed by atoms with E-state index in [1.807, 2.05) is 5.38 Å². The maximum absolute atomic E-state index is 4.68. The number of hydrogen-bond acceptors (Lipinski definition) is 4. The van der Waals surface area contributed by atoms with E-state index in [2.05, 4.69) is 67.3 Å². The van der Waals surface area contributed by atoms with Crippen LogP contribution in [0, 0.1) is 0 Å². The van der Waals surface area contributed by atoms with E-state index >= 15 is 0 Å². The number of hydrogen-bond donors (Lipinski definition) is 0. The van der Waals surface area contributed by atoms with Crippen molar-refractivity contribution < 1.29 is 0 Å². The Kier molecular flexibility index (Phi) is 4.84. The Hall–Kier alpha value is -1.63. The first-order chi connectivity index (χ1) is 10.8. The standard InChI is InChI=1S/C17H10BrN3S.BrH/c18-14-4-3-11-1-2-12(7-13(11)8-14)17-21-16(10-22-17)15-9-19-5-6-20-15;/h1-10H;1H. The van der Waals surface area contributed by atoms with Gasteiger partial charge in [0.1, 0.15) is 16.4 Å². The van der Waals surface area contributed by atoms with Gasteiger partial charge in [-0.05, 0) is 29.0 Å². The quantitative estimate of drug-likeness (QED) is 0.391. The highest BCUT2D eigenvalue weighted by Gasteiger charge is 2.08. The summed E-state index contributed by atoms with van der Waals surface area (Å²) >= 11 is 5.14. The monoisotopic (exact) mass is 447 g/mol. The number of aromatic nitrogens is 3. The summed E-state index contributed by atoms with van der Waals surface area (Å²) in [5, 5.41) is 5.42. The fourth-order valence-corrected chi connectivity index (χ4v) is 3.50. The Bertz CT molecular complexity index is 954. The van der Waals surface area contributed by atoms with Crippen LogP contribution in [0.1, 0.15) is 0 Å². The van der Waals surface area contributed by atoms with E-state index < -0.39 is 0 Å². The van der Waals surface area contributed by atoms with Crippen LogP contribution in [0.2, 0.25) is 0 Å². The molecule has 114 valence electrons. The van der Waals surface area contributed by atoms with Gasteiger partial charge in [0.25, 0.3) is 0 Å². The predicted octanol–water partition coefficient (Wildman–Crippen LogP) is 5.76. The van der Waals surface area contributed by atoms with E-state index in [1.165, 1.54) is 10.8 Å². The molecule has 0 radical (unpaired) electrons. The summed E-state index contributed by atoms with van der Waals surface area (Å²) in [4.78, 5) is 13.1. The third kappa shape index (κ3) is 3.34. The minimum atomic E-state index is 0. The van der Waals surface area contributed by atoms with E-state index in [-0.39, 0.29) is 17.0 Å². The van der Waals surface area contributed by atoms with Crippen molar-refractivity contribution in [3.63, 3.8) is 0 Å². The van der Waals surface area contributed by atoms with Crippen LogP contribution in [0.15, 0.2) is 64.8 Å². The van der Waals surface area contributed by atoms with Crippen LogP contribution in [-0.4, -0.2) is 15.0 Å². The number of fused-ring (bicyclic) bond motifs is 1. The summed E-state index contributed by atoms with van der Waals surface area (Å²) in [7, 11) is 0. The molecule has 4 rings (SSSR count). The van der Waals surface area contributed by atoms with Crippen LogP contribution >= 0.6 is 44.2 Å². The molecule has 0 saturated carbocycles. The molecule has 23 heavy (non-hydrogen) atoms. The summed E-state index contributed by atoms with van der Waals surface area (Å²) < 4.78 is 1.08. The van der Waals surface area contributed by atoms with Crippen molar-refractivity contribution in [1.82, 2.24) is 15.0 Å². The molecule has 0 saturated heterocycles. The van der Waals surface area contributed by atoms with E-state index in [1.54, 1.807) is 29.9 Å². The molecule has 6 heteroatoms. The summed E-state index contributed by atoms with van der Waals surface area (Å²) in [6, 6.07) is 12.7. The van der Waals surface area contributed by atoms with Gasteiger partial charge in [-0.1, -0.05) is 34.1 Å². The van der Waals surface area contributed by atoms with Gasteiger partial charge in [0.2, 0.25) is 0 Å². The lowest BCUT2D eigenvalue weighted by Crippen LogP contribution is -1.84. The second-order valence-electron chi connectivity index (χ2n) is 4.83. The van der Waals surface area contributed by atoms with Crippen LogP contribution in [0.3, 0.4) is 0 Å². The molecule has 0 aliphatic heterocycles. The molecule has 0 amide bonds. The van der Waals surface area contributed by atoms with E-state index in [0.29, 0.717) is 0 Å². The Morgan fingerprint density at radius 3 is 2.61 bits per heavy atom. The molecule has 4 aromatic rings. The first-order valence-electron chi connectivity index (χ1n) is 6.71. The minimum absolute atomic E-state index is 0. The lowest BCUT2D eigenvalue weighted by atomic mass is 10.1. The van der Waals surface area contributed by atoms with Crippen molar-refractivity contribution in [2.75, 3.05) is 0 Å². The van der Waals surface area contributed by atoms with Gasteiger partial charge < -0.3 is 0 Å². The van der Waals surface area contributed by atoms with E-state index in [4.69, 9.17) is 0 Å². The van der Waals surface area contributed by atoms with Crippen LogP contribution in [0.25, 0.3) is 32.7 Å². The second-order valence-corrected chi connectivity index (χ2v) is 6.61. The van der Waals surface area contributed by atoms with Gasteiger partial charge in [-0.15, -0.1) is 28.3 Å². The van der Waals surface area contributed by atoms with E-state index in [0.717, 1.165) is 26.4 Å². The smallest absolute Gasteiger partial charge is 0.124 e. The Morgan fingerprint density at radius 2 is 1.78 bits per heavy atom. The summed E-state index contributed by atoms with van der Waals surface area (Å²) in [5.41, 5.74) is 2.78. The normalized spacial score (nSPS) is 10.5. The van der Waals surface area contributed by atoms with Gasteiger partial charge in [-0.3, -0.25) is 9.97 Å². The van der Waals surface area contributed by atoms with Gasteiger partial charge in [0.05, 0.1) is 6.20 Å². The Labute approximate surface area is 156 Å². The van der Waals surface area contributed by atoms with Crippen LogP contribution in [0.4, 0.5) is 0 Å². The molecule has 3 nitrogen and oxygen atoms in total. The average molecular weight is 449 g/mol. The lowest BCUT2D eigenvalue weighted by Gasteiger charge is -2.02. The lowest BCUT2D eigenvalue weighted by molar-refractivity contribution is 1.19. The molecule has 0 unspecified atom stereocenters. The summed E-state index contributed by atoms with van der Waals surface area (Å²) in [6.07, 6.45) is 5.08. The second kappa shape index (κ2) is 6.86. The van der Waals surface area contributed by atoms with Crippen LogP contribution < -0.4 is 0 Å². The van der Waals surface area contributed by atoms with Crippen molar-refractivity contribution in [3.05, 3.63) is 64.8 Å². The Balaban J connectivity index is 0.00000156. The predicted molar refractivity (Wildman–Crippen MR) is 104 cm³/mol. The van der Waals surface area contributed by atoms with Crippen LogP contribution in [0.5, 0.6) is 0 Å². The number of rotatable bonds is 2. The van der Waals surface area contributed by atoms with Gasteiger partial charge in [0.15, 0.2) is 0 Å². The van der Waals surface area contributed by atoms with Gasteiger partial charge in [-0.25, -0.2) is 4.98 Å². The molecular formula is C17H11Br2N3S. The SMILES string of the molecule is Br.Brc1ccc2ccc(-c3nc(-c4cnccn4)cs3)cc2c1. The highest BCUT2D eigenvalue weighted by molar-refractivity contribution is 9.10. The topological polar surface area (TPSA) is 38.7 Å². The van der Waals surface area contributed by atoms with Crippen molar-refractivity contribution >= 4 is 55.0 Å².